The number of piperazine rings is 1. The van der Waals surface area contributed by atoms with E-state index in [2.05, 4.69) is 5.32 Å². The molecule has 0 aliphatic carbocycles. The topological polar surface area (TPSA) is 69.7 Å². The molecule has 0 saturated carbocycles. The fraction of sp³-hybridized carbons (Fsp3) is 0.350. The Morgan fingerprint density at radius 1 is 1.07 bits per heavy atom. The van der Waals surface area contributed by atoms with Crippen LogP contribution in [-0.4, -0.2) is 56.3 Å². The third-order valence-corrected chi connectivity index (χ3v) is 6.78. The number of carbonyl (C=O) groups is 1. The first-order valence-electron chi connectivity index (χ1n) is 9.20. The summed E-state index contributed by atoms with van der Waals surface area (Å²) in [6.45, 7) is 3.19. The number of carbonyl (C=O) groups excluding carboxylic acids is 1. The number of sulfonamides is 1. The van der Waals surface area contributed by atoms with Crippen LogP contribution in [0.4, 0.5) is 4.39 Å². The molecule has 0 aromatic heterocycles. The number of hydrogen-bond acceptors (Lipinski definition) is 4. The van der Waals surface area contributed by atoms with Crippen molar-refractivity contribution in [1.29, 1.82) is 0 Å². The van der Waals surface area contributed by atoms with Crippen molar-refractivity contribution in [3.63, 3.8) is 0 Å². The molecule has 1 heterocycles. The highest BCUT2D eigenvalue weighted by atomic mass is 32.2. The number of hydrogen-bond donors (Lipinski definition) is 1. The fourth-order valence-electron chi connectivity index (χ4n) is 3.17. The van der Waals surface area contributed by atoms with Gasteiger partial charge in [-0.05, 0) is 30.7 Å². The van der Waals surface area contributed by atoms with Crippen LogP contribution in [-0.2, 0) is 14.8 Å². The summed E-state index contributed by atoms with van der Waals surface area (Å²) in [5.74, 6) is -0.654. The summed E-state index contributed by atoms with van der Waals surface area (Å²) in [5.41, 5.74) is 1.10. The maximum Gasteiger partial charge on any atom is 0.243 e. The van der Waals surface area contributed by atoms with Gasteiger partial charge < -0.3 is 10.2 Å². The first-order chi connectivity index (χ1) is 13.4. The number of nitrogens with one attached hydrogen (secondary N) is 1. The van der Waals surface area contributed by atoms with Crippen molar-refractivity contribution in [2.45, 2.75) is 17.9 Å². The van der Waals surface area contributed by atoms with Gasteiger partial charge in [-0.1, -0.05) is 36.4 Å². The normalized spacial score (nSPS) is 16.7. The Hall–Kier alpha value is -2.29. The summed E-state index contributed by atoms with van der Waals surface area (Å²) in [4.78, 5) is 14.0. The van der Waals surface area contributed by atoms with Crippen LogP contribution in [0.1, 0.15) is 18.5 Å². The minimum absolute atomic E-state index is 0.0415. The number of rotatable bonds is 6. The van der Waals surface area contributed by atoms with E-state index in [1.807, 2.05) is 37.3 Å². The van der Waals surface area contributed by atoms with Crippen molar-refractivity contribution in [3.8, 4) is 0 Å². The maximum absolute atomic E-state index is 13.4. The second kappa shape index (κ2) is 8.81. The molecule has 150 valence electrons. The van der Waals surface area contributed by atoms with E-state index in [0.29, 0.717) is 13.1 Å². The van der Waals surface area contributed by atoms with Crippen LogP contribution in [0, 0.1) is 5.82 Å². The number of amides is 1. The molecule has 1 amide bonds. The van der Waals surface area contributed by atoms with Gasteiger partial charge in [0.15, 0.2) is 0 Å². The van der Waals surface area contributed by atoms with Crippen LogP contribution in [0.3, 0.4) is 0 Å². The zero-order valence-corrected chi connectivity index (χ0v) is 16.5. The van der Waals surface area contributed by atoms with Gasteiger partial charge in [0.1, 0.15) is 5.82 Å². The third-order valence-electron chi connectivity index (χ3n) is 4.88. The van der Waals surface area contributed by atoms with Gasteiger partial charge in [0.05, 0.1) is 11.4 Å². The molecule has 8 heteroatoms. The Morgan fingerprint density at radius 2 is 1.75 bits per heavy atom. The molecule has 0 bridgehead atoms. The Labute approximate surface area is 165 Å². The average molecular weight is 405 g/mol. The van der Waals surface area contributed by atoms with E-state index in [1.165, 1.54) is 22.5 Å². The first-order valence-corrected chi connectivity index (χ1v) is 10.6. The lowest BCUT2D eigenvalue weighted by atomic mass is 10.1. The summed E-state index contributed by atoms with van der Waals surface area (Å²) in [6.07, 6.45) is 0. The summed E-state index contributed by atoms with van der Waals surface area (Å²) in [6, 6.07) is 14.9. The van der Waals surface area contributed by atoms with E-state index < -0.39 is 15.8 Å². The van der Waals surface area contributed by atoms with Crippen LogP contribution in [0.15, 0.2) is 59.5 Å². The minimum atomic E-state index is -3.76. The van der Waals surface area contributed by atoms with Crippen LogP contribution in [0.25, 0.3) is 0 Å². The predicted molar refractivity (Wildman–Crippen MR) is 105 cm³/mol. The molecule has 1 aliphatic heterocycles. The Bertz CT molecular complexity index is 913. The summed E-state index contributed by atoms with van der Waals surface area (Å²) < 4.78 is 39.9. The smallest absolute Gasteiger partial charge is 0.243 e. The molecule has 1 fully saturated rings. The third kappa shape index (κ3) is 4.76. The second-order valence-electron chi connectivity index (χ2n) is 6.76. The zero-order valence-electron chi connectivity index (χ0n) is 15.7. The van der Waals surface area contributed by atoms with Gasteiger partial charge in [-0.15, -0.1) is 0 Å². The summed E-state index contributed by atoms with van der Waals surface area (Å²) >= 11 is 0. The van der Waals surface area contributed by atoms with Gasteiger partial charge in [0.2, 0.25) is 15.9 Å². The lowest BCUT2D eigenvalue weighted by molar-refractivity contribution is -0.131. The number of halogens is 1. The first kappa shape index (κ1) is 20.4. The highest BCUT2D eigenvalue weighted by Crippen LogP contribution is 2.18. The molecular formula is C20H24FN3O3S. The lowest BCUT2D eigenvalue weighted by Gasteiger charge is -2.34. The highest BCUT2D eigenvalue weighted by Gasteiger charge is 2.30. The van der Waals surface area contributed by atoms with E-state index in [9.17, 15) is 17.6 Å². The van der Waals surface area contributed by atoms with E-state index in [1.54, 1.807) is 4.90 Å². The quantitative estimate of drug-likeness (QED) is 0.798. The molecule has 1 saturated heterocycles. The van der Waals surface area contributed by atoms with E-state index in [0.717, 1.165) is 11.6 Å². The summed E-state index contributed by atoms with van der Waals surface area (Å²) in [5, 5.41) is 3.20. The molecular weight excluding hydrogens is 381 g/mol. The number of benzene rings is 2. The van der Waals surface area contributed by atoms with Crippen LogP contribution >= 0.6 is 0 Å². The Balaban J connectivity index is 1.52. The van der Waals surface area contributed by atoms with Gasteiger partial charge in [0.25, 0.3) is 0 Å². The largest absolute Gasteiger partial charge is 0.339 e. The van der Waals surface area contributed by atoms with Crippen molar-refractivity contribution >= 4 is 15.9 Å². The fourth-order valence-corrected chi connectivity index (χ4v) is 4.62. The van der Waals surface area contributed by atoms with E-state index >= 15 is 0 Å². The summed E-state index contributed by atoms with van der Waals surface area (Å²) in [7, 11) is -3.76. The van der Waals surface area contributed by atoms with Gasteiger partial charge >= 0.3 is 0 Å². The molecule has 28 heavy (non-hydrogen) atoms. The van der Waals surface area contributed by atoms with Crippen LogP contribution in [0.5, 0.6) is 0 Å². The van der Waals surface area contributed by atoms with Gasteiger partial charge in [-0.25, -0.2) is 12.8 Å². The van der Waals surface area contributed by atoms with Gasteiger partial charge in [-0.2, -0.15) is 4.31 Å². The Kier molecular flexibility index (Phi) is 6.43. The predicted octanol–water partition coefficient (Wildman–Crippen LogP) is 2.01. The van der Waals surface area contributed by atoms with Crippen molar-refractivity contribution in [3.05, 3.63) is 66.0 Å². The number of nitrogens with zero attached hydrogens (tertiary/aromatic N) is 2. The standard InChI is InChI=1S/C20H24FN3O3S/c1-16(17-6-3-2-4-7-17)22-15-20(25)23-10-12-24(13-11-23)28(26,27)19-9-5-8-18(21)14-19/h2-9,14,16,22H,10-13,15H2,1H3/t16-/m1/s1. The van der Waals surface area contributed by atoms with Crippen molar-refractivity contribution < 1.29 is 17.6 Å². The highest BCUT2D eigenvalue weighted by molar-refractivity contribution is 7.89. The van der Waals surface area contributed by atoms with Crippen molar-refractivity contribution in [1.82, 2.24) is 14.5 Å². The van der Waals surface area contributed by atoms with Crippen LogP contribution < -0.4 is 5.32 Å². The molecule has 6 nitrogen and oxygen atoms in total. The Morgan fingerprint density at radius 3 is 2.39 bits per heavy atom. The molecule has 0 spiro atoms. The molecule has 1 atom stereocenters. The minimum Gasteiger partial charge on any atom is -0.339 e. The molecule has 0 unspecified atom stereocenters. The lowest BCUT2D eigenvalue weighted by Crippen LogP contribution is -2.52. The molecule has 3 rings (SSSR count). The molecule has 0 radical (unpaired) electrons. The molecule has 2 aromatic carbocycles. The van der Waals surface area contributed by atoms with E-state index in [4.69, 9.17) is 0 Å². The van der Waals surface area contributed by atoms with E-state index in [-0.39, 0.29) is 36.5 Å². The van der Waals surface area contributed by atoms with Crippen LogP contribution in [0.2, 0.25) is 0 Å². The molecule has 2 aromatic rings. The van der Waals surface area contributed by atoms with Gasteiger partial charge in [0, 0.05) is 32.2 Å². The monoisotopic (exact) mass is 405 g/mol. The second-order valence-corrected chi connectivity index (χ2v) is 8.69. The zero-order chi connectivity index (χ0) is 20.1. The van der Waals surface area contributed by atoms with Crippen molar-refractivity contribution in [2.24, 2.45) is 0 Å². The molecule has 1 N–H and O–H groups in total. The maximum atomic E-state index is 13.4. The van der Waals surface area contributed by atoms with Gasteiger partial charge in [-0.3, -0.25) is 4.79 Å². The van der Waals surface area contributed by atoms with Crippen molar-refractivity contribution in [2.75, 3.05) is 32.7 Å². The molecule has 1 aliphatic rings. The SMILES string of the molecule is C[C@@H](NCC(=O)N1CCN(S(=O)(=O)c2cccc(F)c2)CC1)c1ccccc1. The average Bonchev–Trinajstić information content (AvgIpc) is 2.72.